The quantitative estimate of drug-likeness (QED) is 0.824. The predicted octanol–water partition coefficient (Wildman–Crippen LogP) is 2.11. The summed E-state index contributed by atoms with van der Waals surface area (Å²) in [6.07, 6.45) is 1.67. The number of aliphatic hydroxyl groups is 1. The molecule has 2 unspecified atom stereocenters. The fourth-order valence-corrected chi connectivity index (χ4v) is 2.22. The Bertz CT molecular complexity index is 554. The third-order valence-corrected chi connectivity index (χ3v) is 3.61. The molecule has 1 aromatic rings. The summed E-state index contributed by atoms with van der Waals surface area (Å²) in [4.78, 5) is 12.1. The molecule has 0 aromatic heterocycles. The van der Waals surface area contributed by atoms with E-state index < -0.39 is 0 Å². The number of rotatable bonds is 4. The Balaban J connectivity index is 2.03. The third kappa shape index (κ3) is 4.11. The van der Waals surface area contributed by atoms with Crippen LogP contribution in [0.25, 0.3) is 0 Å². The fourth-order valence-electron chi connectivity index (χ4n) is 2.22. The smallest absolute Gasteiger partial charge is 0.251 e. The zero-order chi connectivity index (χ0) is 14.5. The molecule has 1 aromatic carbocycles. The van der Waals surface area contributed by atoms with E-state index in [2.05, 4.69) is 24.1 Å². The summed E-state index contributed by atoms with van der Waals surface area (Å²) in [5.41, 5.74) is 2.50. The number of nitrogens with one attached hydrogen (secondary N) is 1. The Kier molecular flexibility index (Phi) is 4.81. The lowest BCUT2D eigenvalue weighted by Crippen LogP contribution is -2.26. The van der Waals surface area contributed by atoms with Crippen LogP contribution in [0.5, 0.6) is 0 Å². The zero-order valence-corrected chi connectivity index (χ0v) is 12.1. The highest BCUT2D eigenvalue weighted by molar-refractivity contribution is 5.94. The molecule has 1 saturated carbocycles. The maximum atomic E-state index is 12.1. The molecule has 2 N–H and O–H groups in total. The van der Waals surface area contributed by atoms with Crippen LogP contribution >= 0.6 is 0 Å². The Labute approximate surface area is 120 Å². The van der Waals surface area contributed by atoms with Gasteiger partial charge in [0.1, 0.15) is 0 Å². The van der Waals surface area contributed by atoms with Crippen LogP contribution in [0.3, 0.4) is 0 Å². The molecule has 106 valence electrons. The van der Waals surface area contributed by atoms with E-state index in [9.17, 15) is 4.79 Å². The molecule has 1 aliphatic rings. The van der Waals surface area contributed by atoms with E-state index in [1.165, 1.54) is 6.42 Å². The van der Waals surface area contributed by atoms with E-state index >= 15 is 0 Å². The third-order valence-electron chi connectivity index (χ3n) is 3.61. The topological polar surface area (TPSA) is 49.3 Å². The number of hydrogen-bond acceptors (Lipinski definition) is 2. The largest absolute Gasteiger partial charge is 0.395 e. The first-order valence-electron chi connectivity index (χ1n) is 7.09. The van der Waals surface area contributed by atoms with Gasteiger partial charge in [-0.2, -0.15) is 0 Å². The standard InChI is InChI=1S/C17H21NO2/c1-12-7-14(5-3-4-6-19)10-15(8-12)17(20)18-11-16-9-13(16)2/h7-8,10,13,16,19H,4,6,9,11H2,1-2H3,(H,18,20). The van der Waals surface area contributed by atoms with Crippen LogP contribution in [0.4, 0.5) is 0 Å². The summed E-state index contributed by atoms with van der Waals surface area (Å²) in [5.74, 6) is 7.21. The van der Waals surface area contributed by atoms with E-state index in [-0.39, 0.29) is 12.5 Å². The summed E-state index contributed by atoms with van der Waals surface area (Å²) >= 11 is 0. The lowest BCUT2D eigenvalue weighted by molar-refractivity contribution is 0.0951. The molecule has 20 heavy (non-hydrogen) atoms. The van der Waals surface area contributed by atoms with Crippen LogP contribution in [0.2, 0.25) is 0 Å². The number of hydrogen-bond donors (Lipinski definition) is 2. The van der Waals surface area contributed by atoms with Gasteiger partial charge in [-0.3, -0.25) is 4.79 Å². The number of aryl methyl sites for hydroxylation is 1. The summed E-state index contributed by atoms with van der Waals surface area (Å²) in [5, 5.41) is 11.7. The number of carbonyl (C=O) groups excluding carboxylic acids is 1. The number of benzene rings is 1. The van der Waals surface area contributed by atoms with Gasteiger partial charge in [-0.1, -0.05) is 18.8 Å². The molecule has 3 nitrogen and oxygen atoms in total. The van der Waals surface area contributed by atoms with E-state index in [1.807, 2.05) is 25.1 Å². The first-order chi connectivity index (χ1) is 9.60. The maximum absolute atomic E-state index is 12.1. The minimum atomic E-state index is -0.0296. The first kappa shape index (κ1) is 14.6. The van der Waals surface area contributed by atoms with Gasteiger partial charge in [0.2, 0.25) is 0 Å². The van der Waals surface area contributed by atoms with Crippen LogP contribution in [0.15, 0.2) is 18.2 Å². The van der Waals surface area contributed by atoms with Crippen LogP contribution < -0.4 is 5.32 Å². The number of carbonyl (C=O) groups is 1. The summed E-state index contributed by atoms with van der Waals surface area (Å²) < 4.78 is 0. The Morgan fingerprint density at radius 1 is 1.45 bits per heavy atom. The monoisotopic (exact) mass is 271 g/mol. The highest BCUT2D eigenvalue weighted by Crippen LogP contribution is 2.36. The van der Waals surface area contributed by atoms with Gasteiger partial charge in [0.25, 0.3) is 5.91 Å². The number of amides is 1. The van der Waals surface area contributed by atoms with Crippen molar-refractivity contribution in [2.45, 2.75) is 26.7 Å². The Hall–Kier alpha value is -1.79. The second-order valence-corrected chi connectivity index (χ2v) is 5.55. The van der Waals surface area contributed by atoms with Gasteiger partial charge in [-0.15, -0.1) is 0 Å². The van der Waals surface area contributed by atoms with Gasteiger partial charge in [0, 0.05) is 24.1 Å². The highest BCUT2D eigenvalue weighted by atomic mass is 16.2. The molecule has 1 fully saturated rings. The van der Waals surface area contributed by atoms with Crippen molar-refractivity contribution in [1.82, 2.24) is 5.32 Å². The lowest BCUT2D eigenvalue weighted by atomic mass is 10.1. The van der Waals surface area contributed by atoms with Gasteiger partial charge in [0.15, 0.2) is 0 Å². The molecule has 0 aliphatic heterocycles. The van der Waals surface area contributed by atoms with Gasteiger partial charge in [0.05, 0.1) is 6.61 Å². The fraction of sp³-hybridized carbons (Fsp3) is 0.471. The zero-order valence-electron chi connectivity index (χ0n) is 12.1. The summed E-state index contributed by atoms with van der Waals surface area (Å²) in [6.45, 7) is 4.99. The molecule has 0 saturated heterocycles. The van der Waals surface area contributed by atoms with Crippen molar-refractivity contribution in [2.24, 2.45) is 11.8 Å². The highest BCUT2D eigenvalue weighted by Gasteiger charge is 2.32. The molecule has 2 atom stereocenters. The first-order valence-corrected chi connectivity index (χ1v) is 7.09. The Morgan fingerprint density at radius 2 is 2.20 bits per heavy atom. The van der Waals surface area contributed by atoms with Gasteiger partial charge in [-0.05, 0) is 48.9 Å². The van der Waals surface area contributed by atoms with E-state index in [4.69, 9.17) is 5.11 Å². The number of aliphatic hydroxyl groups excluding tert-OH is 1. The minimum absolute atomic E-state index is 0.0296. The van der Waals surface area contributed by atoms with E-state index in [0.717, 1.165) is 23.6 Å². The maximum Gasteiger partial charge on any atom is 0.251 e. The van der Waals surface area contributed by atoms with Gasteiger partial charge in [-0.25, -0.2) is 0 Å². The molecule has 0 radical (unpaired) electrons. The molecular weight excluding hydrogens is 250 g/mol. The molecule has 1 amide bonds. The van der Waals surface area contributed by atoms with Crippen LogP contribution in [0, 0.1) is 30.6 Å². The van der Waals surface area contributed by atoms with E-state index in [0.29, 0.717) is 17.9 Å². The van der Waals surface area contributed by atoms with Gasteiger partial charge >= 0.3 is 0 Å². The molecule has 0 bridgehead atoms. The van der Waals surface area contributed by atoms with Crippen molar-refractivity contribution >= 4 is 5.91 Å². The summed E-state index contributed by atoms with van der Waals surface area (Å²) in [7, 11) is 0. The van der Waals surface area contributed by atoms with Crippen LogP contribution in [-0.4, -0.2) is 24.2 Å². The van der Waals surface area contributed by atoms with Crippen molar-refractivity contribution in [1.29, 1.82) is 0 Å². The second kappa shape index (κ2) is 6.58. The molecule has 3 heteroatoms. The predicted molar refractivity (Wildman–Crippen MR) is 79.4 cm³/mol. The molecule has 2 rings (SSSR count). The molecule has 0 heterocycles. The van der Waals surface area contributed by atoms with Crippen molar-refractivity contribution in [3.05, 3.63) is 34.9 Å². The SMILES string of the molecule is Cc1cc(C#CCCO)cc(C(=O)NCC2CC2C)c1. The molecule has 0 spiro atoms. The average Bonchev–Trinajstić information content (AvgIpc) is 3.12. The minimum Gasteiger partial charge on any atom is -0.395 e. The van der Waals surface area contributed by atoms with Crippen LogP contribution in [-0.2, 0) is 0 Å². The Morgan fingerprint density at radius 3 is 2.85 bits per heavy atom. The van der Waals surface area contributed by atoms with Crippen molar-refractivity contribution in [2.75, 3.05) is 13.2 Å². The van der Waals surface area contributed by atoms with Crippen molar-refractivity contribution in [3.8, 4) is 11.8 Å². The summed E-state index contributed by atoms with van der Waals surface area (Å²) in [6, 6.07) is 5.63. The van der Waals surface area contributed by atoms with Gasteiger partial charge < -0.3 is 10.4 Å². The average molecular weight is 271 g/mol. The second-order valence-electron chi connectivity index (χ2n) is 5.55. The molecule has 1 aliphatic carbocycles. The van der Waals surface area contributed by atoms with Crippen molar-refractivity contribution in [3.63, 3.8) is 0 Å². The van der Waals surface area contributed by atoms with E-state index in [1.54, 1.807) is 0 Å². The van der Waals surface area contributed by atoms with Crippen LogP contribution in [0.1, 0.15) is 41.3 Å². The molecular formula is C17H21NO2. The lowest BCUT2D eigenvalue weighted by Gasteiger charge is -2.06. The normalized spacial score (nSPS) is 19.9. The van der Waals surface area contributed by atoms with Crippen molar-refractivity contribution < 1.29 is 9.90 Å².